The molecule has 1 atom stereocenters. The van der Waals surface area contributed by atoms with Gasteiger partial charge in [-0.05, 0) is 37.1 Å². The third-order valence-corrected chi connectivity index (χ3v) is 5.54. The van der Waals surface area contributed by atoms with E-state index < -0.39 is 0 Å². The van der Waals surface area contributed by atoms with Gasteiger partial charge in [0.2, 0.25) is 5.91 Å². The first kappa shape index (κ1) is 16.4. The van der Waals surface area contributed by atoms with E-state index in [-0.39, 0.29) is 16.3 Å². The van der Waals surface area contributed by atoms with Gasteiger partial charge in [-0.25, -0.2) is 0 Å². The molecule has 4 nitrogen and oxygen atoms in total. The Morgan fingerprint density at radius 3 is 2.26 bits per heavy atom. The Balaban J connectivity index is 1.67. The topological polar surface area (TPSA) is 40.6 Å². The zero-order chi connectivity index (χ0) is 16.2. The molecule has 1 unspecified atom stereocenters. The maximum absolute atomic E-state index is 12.2. The van der Waals surface area contributed by atoms with E-state index in [4.69, 9.17) is 0 Å². The fourth-order valence-electron chi connectivity index (χ4n) is 3.41. The fourth-order valence-corrected chi connectivity index (χ4v) is 4.33. The Hall–Kier alpha value is -1.49. The van der Waals surface area contributed by atoms with Gasteiger partial charge >= 0.3 is 0 Å². The molecule has 2 heterocycles. The van der Waals surface area contributed by atoms with E-state index in [1.807, 2.05) is 17.0 Å². The normalized spacial score (nSPS) is 22.3. The number of carbonyl (C=O) groups is 2. The van der Waals surface area contributed by atoms with Crippen LogP contribution >= 0.6 is 11.8 Å². The molecule has 124 valence electrons. The summed E-state index contributed by atoms with van der Waals surface area (Å²) in [5.74, 6) is 0.117. The first-order valence-corrected chi connectivity index (χ1v) is 9.34. The largest absolute Gasteiger partial charge is 0.372 e. The van der Waals surface area contributed by atoms with Gasteiger partial charge < -0.3 is 9.80 Å². The van der Waals surface area contributed by atoms with Crippen molar-refractivity contribution >= 4 is 34.2 Å². The van der Waals surface area contributed by atoms with E-state index in [1.165, 1.54) is 43.1 Å². The van der Waals surface area contributed by atoms with Crippen LogP contribution in [-0.4, -0.2) is 35.9 Å². The highest BCUT2D eigenvalue weighted by molar-refractivity contribution is 8.14. The van der Waals surface area contributed by atoms with Gasteiger partial charge in [-0.2, -0.15) is 0 Å². The maximum Gasteiger partial charge on any atom is 0.228 e. The Bertz CT molecular complexity index is 565. The Labute approximate surface area is 142 Å². The van der Waals surface area contributed by atoms with Crippen LogP contribution in [0.2, 0.25) is 0 Å². The van der Waals surface area contributed by atoms with E-state index in [9.17, 15) is 9.59 Å². The third-order valence-electron chi connectivity index (χ3n) is 4.55. The summed E-state index contributed by atoms with van der Waals surface area (Å²) < 4.78 is 0. The molecule has 3 rings (SSSR count). The number of hydrogen-bond donors (Lipinski definition) is 0. The molecule has 0 radical (unpaired) electrons. The molecule has 23 heavy (non-hydrogen) atoms. The average Bonchev–Trinajstić information content (AvgIpc) is 2.75. The van der Waals surface area contributed by atoms with Crippen LogP contribution in [0.5, 0.6) is 0 Å². The lowest BCUT2D eigenvalue weighted by Crippen LogP contribution is -2.26. The highest BCUT2D eigenvalue weighted by atomic mass is 32.2. The SMILES string of the molecule is CC(=O)SC1CC(=O)N(c2ccc(N3CCCCCC3)cc2)C1. The number of hydrogen-bond acceptors (Lipinski definition) is 4. The summed E-state index contributed by atoms with van der Waals surface area (Å²) in [6.07, 6.45) is 5.63. The number of nitrogens with zero attached hydrogens (tertiary/aromatic N) is 2. The molecule has 1 aromatic carbocycles. The van der Waals surface area contributed by atoms with Crippen LogP contribution in [0.3, 0.4) is 0 Å². The van der Waals surface area contributed by atoms with Crippen molar-refractivity contribution in [3.05, 3.63) is 24.3 Å². The molecule has 0 spiro atoms. The first-order valence-electron chi connectivity index (χ1n) is 8.46. The second-order valence-corrected chi connectivity index (χ2v) is 7.83. The second kappa shape index (κ2) is 7.39. The number of amides is 1. The van der Waals surface area contributed by atoms with Crippen molar-refractivity contribution in [1.82, 2.24) is 0 Å². The molecule has 1 amide bonds. The molecule has 0 N–H and O–H groups in total. The minimum absolute atomic E-state index is 0.0844. The van der Waals surface area contributed by atoms with Gasteiger partial charge in [0.05, 0.1) is 0 Å². The molecule has 5 heteroatoms. The summed E-state index contributed by atoms with van der Waals surface area (Å²) in [5.41, 5.74) is 2.19. The predicted octanol–water partition coefficient (Wildman–Crippen LogP) is 3.45. The van der Waals surface area contributed by atoms with Gasteiger partial charge in [-0.1, -0.05) is 24.6 Å². The molecule has 2 fully saturated rings. The van der Waals surface area contributed by atoms with E-state index in [0.29, 0.717) is 13.0 Å². The number of benzene rings is 1. The van der Waals surface area contributed by atoms with Crippen LogP contribution in [0.15, 0.2) is 24.3 Å². The van der Waals surface area contributed by atoms with Crippen molar-refractivity contribution in [3.63, 3.8) is 0 Å². The highest BCUT2D eigenvalue weighted by Gasteiger charge is 2.31. The van der Waals surface area contributed by atoms with Crippen molar-refractivity contribution < 1.29 is 9.59 Å². The lowest BCUT2D eigenvalue weighted by atomic mass is 10.2. The quantitative estimate of drug-likeness (QED) is 0.850. The molecule has 0 saturated carbocycles. The summed E-state index contributed by atoms with van der Waals surface area (Å²) in [7, 11) is 0. The number of thioether (sulfide) groups is 1. The van der Waals surface area contributed by atoms with Gasteiger partial charge in [-0.15, -0.1) is 0 Å². The molecule has 2 aliphatic rings. The van der Waals surface area contributed by atoms with Crippen LogP contribution in [-0.2, 0) is 9.59 Å². The van der Waals surface area contributed by atoms with Crippen molar-refractivity contribution in [2.75, 3.05) is 29.4 Å². The standard InChI is InChI=1S/C18H24N2O2S/c1-14(21)23-17-12-18(22)20(13-17)16-8-6-15(7-9-16)19-10-4-2-3-5-11-19/h6-9,17H,2-5,10-13H2,1H3. The summed E-state index contributed by atoms with van der Waals surface area (Å²) in [6.45, 7) is 4.44. The molecule has 0 aromatic heterocycles. The monoisotopic (exact) mass is 332 g/mol. The van der Waals surface area contributed by atoms with E-state index in [2.05, 4.69) is 17.0 Å². The van der Waals surface area contributed by atoms with Gasteiger partial charge in [0, 0.05) is 49.6 Å². The number of anilines is 2. The first-order chi connectivity index (χ1) is 11.1. The molecule has 0 aliphatic carbocycles. The summed E-state index contributed by atoms with van der Waals surface area (Å²) in [6, 6.07) is 8.33. The second-order valence-electron chi connectivity index (χ2n) is 6.36. The van der Waals surface area contributed by atoms with Gasteiger partial charge in [0.15, 0.2) is 5.12 Å². The Morgan fingerprint density at radius 1 is 1.04 bits per heavy atom. The maximum atomic E-state index is 12.2. The number of carbonyl (C=O) groups excluding carboxylic acids is 2. The molecule has 1 aromatic rings. The predicted molar refractivity (Wildman–Crippen MR) is 96.2 cm³/mol. The summed E-state index contributed by atoms with van der Waals surface area (Å²) in [5, 5.41) is 0.173. The van der Waals surface area contributed by atoms with E-state index >= 15 is 0 Å². The van der Waals surface area contributed by atoms with Gasteiger partial charge in [-0.3, -0.25) is 9.59 Å². The third kappa shape index (κ3) is 4.08. The Kier molecular flexibility index (Phi) is 5.26. The van der Waals surface area contributed by atoms with Crippen LogP contribution in [0.1, 0.15) is 39.0 Å². The van der Waals surface area contributed by atoms with Crippen LogP contribution < -0.4 is 9.80 Å². The van der Waals surface area contributed by atoms with Crippen LogP contribution in [0.25, 0.3) is 0 Å². The zero-order valence-electron chi connectivity index (χ0n) is 13.7. The molecular weight excluding hydrogens is 308 g/mol. The molecule has 2 saturated heterocycles. The lowest BCUT2D eigenvalue weighted by molar-refractivity contribution is -0.117. The molecule has 2 aliphatic heterocycles. The summed E-state index contributed by atoms with van der Waals surface area (Å²) >= 11 is 1.28. The molecular formula is C18H24N2O2S. The Morgan fingerprint density at radius 2 is 1.65 bits per heavy atom. The lowest BCUT2D eigenvalue weighted by Gasteiger charge is -2.24. The molecule has 0 bridgehead atoms. The zero-order valence-corrected chi connectivity index (χ0v) is 14.5. The van der Waals surface area contributed by atoms with Crippen molar-refractivity contribution in [1.29, 1.82) is 0 Å². The van der Waals surface area contributed by atoms with E-state index in [0.717, 1.165) is 18.8 Å². The minimum atomic E-state index is 0.0844. The van der Waals surface area contributed by atoms with Crippen molar-refractivity contribution in [2.24, 2.45) is 0 Å². The van der Waals surface area contributed by atoms with Crippen LogP contribution in [0.4, 0.5) is 11.4 Å². The van der Waals surface area contributed by atoms with Crippen molar-refractivity contribution in [2.45, 2.75) is 44.3 Å². The van der Waals surface area contributed by atoms with Gasteiger partial charge in [0.1, 0.15) is 0 Å². The number of rotatable bonds is 3. The van der Waals surface area contributed by atoms with Crippen molar-refractivity contribution in [3.8, 4) is 0 Å². The average molecular weight is 332 g/mol. The fraction of sp³-hybridized carbons (Fsp3) is 0.556. The highest BCUT2D eigenvalue weighted by Crippen LogP contribution is 2.30. The van der Waals surface area contributed by atoms with Gasteiger partial charge in [0.25, 0.3) is 0 Å². The minimum Gasteiger partial charge on any atom is -0.372 e. The smallest absolute Gasteiger partial charge is 0.228 e. The summed E-state index contributed by atoms with van der Waals surface area (Å²) in [4.78, 5) is 27.7. The van der Waals surface area contributed by atoms with Crippen LogP contribution in [0, 0.1) is 0 Å². The van der Waals surface area contributed by atoms with E-state index in [1.54, 1.807) is 6.92 Å².